The van der Waals surface area contributed by atoms with E-state index in [9.17, 15) is 4.79 Å². The van der Waals surface area contributed by atoms with Gasteiger partial charge in [0.15, 0.2) is 0 Å². The van der Waals surface area contributed by atoms with E-state index in [0.717, 1.165) is 50.0 Å². The van der Waals surface area contributed by atoms with Gasteiger partial charge in [-0.25, -0.2) is 4.98 Å². The summed E-state index contributed by atoms with van der Waals surface area (Å²) >= 11 is 3.36. The van der Waals surface area contributed by atoms with Crippen molar-refractivity contribution in [3.63, 3.8) is 0 Å². The number of carbonyl (C=O) groups is 1. The lowest BCUT2D eigenvalue weighted by molar-refractivity contribution is -0.121. The zero-order valence-electron chi connectivity index (χ0n) is 14.1. The number of aromatic nitrogens is 1. The average molecular weight is 418 g/mol. The van der Waals surface area contributed by atoms with Crippen LogP contribution in [0.5, 0.6) is 0 Å². The third-order valence-electron chi connectivity index (χ3n) is 4.92. The van der Waals surface area contributed by atoms with E-state index >= 15 is 0 Å². The van der Waals surface area contributed by atoms with Gasteiger partial charge >= 0.3 is 0 Å². The minimum Gasteiger partial charge on any atom is -0.316 e. The van der Waals surface area contributed by atoms with E-state index in [-0.39, 0.29) is 24.2 Å². The summed E-state index contributed by atoms with van der Waals surface area (Å²) in [5, 5.41) is 6.41. The molecule has 24 heavy (non-hydrogen) atoms. The number of anilines is 1. The topological polar surface area (TPSA) is 57.3 Å². The standard InChI is InChI=1S/C17H25BrN4O.ClH/c1-17(6-7-19-11-17)12-22-8-2-3-13(10-22)16(23)21-15-5-4-14(18)9-20-15;/h4-5,9,13,19H,2-3,6-8,10-12H2,1H3,(H,20,21,23);1H. The van der Waals surface area contributed by atoms with Crippen molar-refractivity contribution in [2.45, 2.75) is 26.2 Å². The first kappa shape index (κ1) is 19.6. The summed E-state index contributed by atoms with van der Waals surface area (Å²) in [6.07, 6.45) is 4.99. The van der Waals surface area contributed by atoms with Crippen LogP contribution in [0.1, 0.15) is 26.2 Å². The van der Waals surface area contributed by atoms with Crippen LogP contribution < -0.4 is 10.6 Å². The number of nitrogens with zero attached hydrogens (tertiary/aromatic N) is 2. The van der Waals surface area contributed by atoms with Crippen LogP contribution in [-0.4, -0.2) is 48.5 Å². The summed E-state index contributed by atoms with van der Waals surface area (Å²) in [4.78, 5) is 19.2. The molecule has 2 saturated heterocycles. The predicted octanol–water partition coefficient (Wildman–Crippen LogP) is 2.92. The Morgan fingerprint density at radius 2 is 2.38 bits per heavy atom. The quantitative estimate of drug-likeness (QED) is 0.791. The number of hydrogen-bond donors (Lipinski definition) is 2. The SMILES string of the molecule is CC1(CN2CCCC(C(=O)Nc3ccc(Br)cn3)C2)CCNC1.Cl. The first-order valence-electron chi connectivity index (χ1n) is 8.40. The van der Waals surface area contributed by atoms with Gasteiger partial charge in [0.05, 0.1) is 5.92 Å². The second-order valence-electron chi connectivity index (χ2n) is 7.16. The molecule has 0 aromatic carbocycles. The summed E-state index contributed by atoms with van der Waals surface area (Å²) in [6.45, 7) is 7.60. The molecule has 2 N–H and O–H groups in total. The summed E-state index contributed by atoms with van der Waals surface area (Å²) in [5.41, 5.74) is 0.353. The number of piperidine rings is 1. The number of pyridine rings is 1. The van der Waals surface area contributed by atoms with Gasteiger partial charge in [-0.3, -0.25) is 4.79 Å². The van der Waals surface area contributed by atoms with Crippen LogP contribution in [0.25, 0.3) is 0 Å². The fourth-order valence-electron chi connectivity index (χ4n) is 3.63. The summed E-state index contributed by atoms with van der Waals surface area (Å²) < 4.78 is 0.915. The number of carbonyl (C=O) groups excluding carboxylic acids is 1. The van der Waals surface area contributed by atoms with E-state index in [1.54, 1.807) is 6.20 Å². The number of nitrogens with one attached hydrogen (secondary N) is 2. The van der Waals surface area contributed by atoms with Crippen LogP contribution >= 0.6 is 28.3 Å². The number of hydrogen-bond acceptors (Lipinski definition) is 4. The minimum absolute atomic E-state index is 0. The number of amides is 1. The average Bonchev–Trinajstić information content (AvgIpc) is 2.96. The summed E-state index contributed by atoms with van der Waals surface area (Å²) in [5.74, 6) is 0.786. The molecule has 5 nitrogen and oxygen atoms in total. The highest BCUT2D eigenvalue weighted by molar-refractivity contribution is 9.10. The second-order valence-corrected chi connectivity index (χ2v) is 8.08. The molecule has 2 aliphatic heterocycles. The molecule has 1 amide bonds. The lowest BCUT2D eigenvalue weighted by atomic mass is 9.87. The van der Waals surface area contributed by atoms with Gasteiger partial charge in [-0.05, 0) is 65.8 Å². The zero-order chi connectivity index (χ0) is 16.3. The van der Waals surface area contributed by atoms with Gasteiger partial charge < -0.3 is 15.5 Å². The van der Waals surface area contributed by atoms with Crippen molar-refractivity contribution in [1.82, 2.24) is 15.2 Å². The summed E-state index contributed by atoms with van der Waals surface area (Å²) in [6, 6.07) is 3.72. The molecule has 0 radical (unpaired) electrons. The Balaban J connectivity index is 0.00000208. The second kappa shape index (κ2) is 8.61. The molecule has 0 saturated carbocycles. The molecule has 7 heteroatoms. The first-order chi connectivity index (χ1) is 11.0. The highest BCUT2D eigenvalue weighted by atomic mass is 79.9. The van der Waals surface area contributed by atoms with Crippen molar-refractivity contribution in [2.24, 2.45) is 11.3 Å². The smallest absolute Gasteiger partial charge is 0.229 e. The molecule has 0 spiro atoms. The maximum absolute atomic E-state index is 12.5. The maximum atomic E-state index is 12.5. The van der Waals surface area contributed by atoms with E-state index in [1.807, 2.05) is 12.1 Å². The normalized spacial score (nSPS) is 27.5. The monoisotopic (exact) mass is 416 g/mol. The number of likely N-dealkylation sites (tertiary alicyclic amines) is 1. The van der Waals surface area contributed by atoms with Crippen molar-refractivity contribution in [2.75, 3.05) is 38.0 Å². The highest BCUT2D eigenvalue weighted by Gasteiger charge is 2.33. The highest BCUT2D eigenvalue weighted by Crippen LogP contribution is 2.28. The van der Waals surface area contributed by atoms with Gasteiger partial charge in [0.2, 0.25) is 5.91 Å². The van der Waals surface area contributed by atoms with E-state index in [4.69, 9.17) is 0 Å². The fraction of sp³-hybridized carbons (Fsp3) is 0.647. The van der Waals surface area contributed by atoms with E-state index in [1.165, 1.54) is 6.42 Å². The molecule has 1 aromatic heterocycles. The molecular weight excluding hydrogens is 392 g/mol. The Labute approximate surface area is 158 Å². The molecule has 2 fully saturated rings. The molecule has 2 aliphatic rings. The van der Waals surface area contributed by atoms with Gasteiger partial charge in [-0.1, -0.05) is 6.92 Å². The molecule has 2 atom stereocenters. The number of rotatable bonds is 4. The molecule has 0 bridgehead atoms. The van der Waals surface area contributed by atoms with Crippen LogP contribution in [0.4, 0.5) is 5.82 Å². The van der Waals surface area contributed by atoms with Gasteiger partial charge in [0.25, 0.3) is 0 Å². The van der Waals surface area contributed by atoms with Crippen molar-refractivity contribution in [3.8, 4) is 0 Å². The van der Waals surface area contributed by atoms with E-state index < -0.39 is 0 Å². The van der Waals surface area contributed by atoms with Crippen LogP contribution in [0.15, 0.2) is 22.8 Å². The Bertz CT molecular complexity index is 548. The molecular formula is C17H26BrClN4O. The Kier molecular flexibility index (Phi) is 7.04. The molecule has 1 aromatic rings. The Morgan fingerprint density at radius 1 is 1.54 bits per heavy atom. The van der Waals surface area contributed by atoms with E-state index in [2.05, 4.69) is 43.4 Å². The van der Waals surface area contributed by atoms with E-state index in [0.29, 0.717) is 11.2 Å². The number of halogens is 2. The molecule has 134 valence electrons. The third-order valence-corrected chi connectivity index (χ3v) is 5.39. The van der Waals surface area contributed by atoms with Crippen molar-refractivity contribution in [1.29, 1.82) is 0 Å². The summed E-state index contributed by atoms with van der Waals surface area (Å²) in [7, 11) is 0. The zero-order valence-corrected chi connectivity index (χ0v) is 16.5. The van der Waals surface area contributed by atoms with Gasteiger partial charge in [-0.2, -0.15) is 0 Å². The van der Waals surface area contributed by atoms with Crippen LogP contribution in [0, 0.1) is 11.3 Å². The van der Waals surface area contributed by atoms with Crippen molar-refractivity contribution >= 4 is 40.1 Å². The molecule has 3 rings (SSSR count). The predicted molar refractivity (Wildman–Crippen MR) is 103 cm³/mol. The Morgan fingerprint density at radius 3 is 3.04 bits per heavy atom. The largest absolute Gasteiger partial charge is 0.316 e. The molecule has 3 heterocycles. The van der Waals surface area contributed by atoms with Crippen LogP contribution in [-0.2, 0) is 4.79 Å². The molecule has 0 aliphatic carbocycles. The fourth-order valence-corrected chi connectivity index (χ4v) is 3.87. The van der Waals surface area contributed by atoms with Crippen LogP contribution in [0.2, 0.25) is 0 Å². The maximum Gasteiger partial charge on any atom is 0.229 e. The van der Waals surface area contributed by atoms with Gasteiger partial charge in [-0.15, -0.1) is 12.4 Å². The lowest BCUT2D eigenvalue weighted by Crippen LogP contribution is -2.45. The third kappa shape index (κ3) is 5.15. The van der Waals surface area contributed by atoms with Gasteiger partial charge in [0.1, 0.15) is 5.82 Å². The lowest BCUT2D eigenvalue weighted by Gasteiger charge is -2.37. The minimum atomic E-state index is 0. The molecule has 2 unspecified atom stereocenters. The van der Waals surface area contributed by atoms with Crippen molar-refractivity contribution < 1.29 is 4.79 Å². The van der Waals surface area contributed by atoms with Gasteiger partial charge in [0, 0.05) is 30.3 Å². The Hall–Kier alpha value is -0.690. The van der Waals surface area contributed by atoms with Crippen LogP contribution in [0.3, 0.4) is 0 Å². The first-order valence-corrected chi connectivity index (χ1v) is 9.19. The van der Waals surface area contributed by atoms with Crippen molar-refractivity contribution in [3.05, 3.63) is 22.8 Å².